The first-order chi connectivity index (χ1) is 21.8. The minimum atomic E-state index is -0.633. The molecule has 1 aromatic heterocycles. The largest absolute Gasteiger partial charge is 0.381 e. The fourth-order valence-corrected chi connectivity index (χ4v) is 5.71. The molecular formula is C33H36F2N6O4. The van der Waals surface area contributed by atoms with Crippen molar-refractivity contribution < 1.29 is 27.8 Å². The third-order valence-electron chi connectivity index (χ3n) is 8.24. The van der Waals surface area contributed by atoms with Gasteiger partial charge in [-0.1, -0.05) is 6.07 Å². The standard InChI is InChI=1S/C33H36F2N6O4/c1-40(31(42)20-41-8-12-45-13-9-41)26-3-4-27(30(19-26)36-25-6-10-44-11-7-25)33(43)37-32-28-17-21(2-5-29(28)38-39-32)14-22-15-23(34)18-24(35)16-22/h2-5,15-19,25,36H,6-14,20H2,1H3,(H2,37,38,39,43). The number of hydrogen-bond donors (Lipinski definition) is 3. The van der Waals surface area contributed by atoms with Crippen LogP contribution in [-0.4, -0.2) is 86.1 Å². The molecule has 236 valence electrons. The number of anilines is 3. The number of fused-ring (bicyclic) bond motifs is 1. The van der Waals surface area contributed by atoms with E-state index in [1.807, 2.05) is 24.3 Å². The molecule has 0 spiro atoms. The fourth-order valence-electron chi connectivity index (χ4n) is 5.71. The van der Waals surface area contributed by atoms with Crippen LogP contribution < -0.4 is 15.5 Å². The zero-order chi connectivity index (χ0) is 31.3. The lowest BCUT2D eigenvalue weighted by Crippen LogP contribution is -2.43. The quantitative estimate of drug-likeness (QED) is 0.252. The Kier molecular flexibility index (Phi) is 9.34. The van der Waals surface area contributed by atoms with Gasteiger partial charge in [0.05, 0.1) is 30.8 Å². The van der Waals surface area contributed by atoms with Crippen LogP contribution in [0.2, 0.25) is 0 Å². The monoisotopic (exact) mass is 618 g/mol. The van der Waals surface area contributed by atoms with Crippen molar-refractivity contribution in [2.45, 2.75) is 25.3 Å². The summed E-state index contributed by atoms with van der Waals surface area (Å²) in [6.07, 6.45) is 1.89. The number of likely N-dealkylation sites (N-methyl/N-ethyl adjacent to an activating group) is 1. The van der Waals surface area contributed by atoms with Crippen molar-refractivity contribution in [2.24, 2.45) is 0 Å². The highest BCUT2D eigenvalue weighted by Gasteiger charge is 2.23. The van der Waals surface area contributed by atoms with Gasteiger partial charge in [0, 0.05) is 62.2 Å². The molecule has 2 saturated heterocycles. The molecule has 45 heavy (non-hydrogen) atoms. The number of nitrogens with zero attached hydrogens (tertiary/aromatic N) is 3. The predicted molar refractivity (Wildman–Crippen MR) is 168 cm³/mol. The molecule has 2 aliphatic rings. The molecular weight excluding hydrogens is 582 g/mol. The molecule has 2 aliphatic heterocycles. The normalized spacial score (nSPS) is 16.1. The highest BCUT2D eigenvalue weighted by molar-refractivity contribution is 6.11. The Balaban J connectivity index is 1.23. The summed E-state index contributed by atoms with van der Waals surface area (Å²) in [4.78, 5) is 30.5. The Labute approximate surface area is 259 Å². The molecule has 0 aliphatic carbocycles. The number of amides is 2. The molecule has 3 heterocycles. The summed E-state index contributed by atoms with van der Waals surface area (Å²) in [6, 6.07) is 14.4. The zero-order valence-corrected chi connectivity index (χ0v) is 25.1. The van der Waals surface area contributed by atoms with Crippen LogP contribution in [0, 0.1) is 11.6 Å². The molecule has 2 fully saturated rings. The average molecular weight is 619 g/mol. The maximum atomic E-state index is 13.7. The van der Waals surface area contributed by atoms with Crippen molar-refractivity contribution in [3.63, 3.8) is 0 Å². The maximum Gasteiger partial charge on any atom is 0.258 e. The van der Waals surface area contributed by atoms with Crippen LogP contribution in [0.3, 0.4) is 0 Å². The molecule has 0 saturated carbocycles. The van der Waals surface area contributed by atoms with Gasteiger partial charge in [0.2, 0.25) is 5.91 Å². The Morgan fingerprint density at radius 2 is 1.69 bits per heavy atom. The molecule has 4 aromatic rings. The number of aromatic nitrogens is 2. The highest BCUT2D eigenvalue weighted by Crippen LogP contribution is 2.29. The number of benzene rings is 3. The topological polar surface area (TPSA) is 112 Å². The minimum Gasteiger partial charge on any atom is -0.381 e. The lowest BCUT2D eigenvalue weighted by atomic mass is 10.0. The second kappa shape index (κ2) is 13.7. The molecule has 0 bridgehead atoms. The van der Waals surface area contributed by atoms with Gasteiger partial charge >= 0.3 is 0 Å². The molecule has 3 aromatic carbocycles. The lowest BCUT2D eigenvalue weighted by Gasteiger charge is -2.29. The summed E-state index contributed by atoms with van der Waals surface area (Å²) < 4.78 is 38.4. The van der Waals surface area contributed by atoms with Gasteiger partial charge in [0.25, 0.3) is 5.91 Å². The van der Waals surface area contributed by atoms with Crippen LogP contribution in [0.4, 0.5) is 26.0 Å². The molecule has 12 heteroatoms. The third-order valence-corrected chi connectivity index (χ3v) is 8.24. The van der Waals surface area contributed by atoms with Gasteiger partial charge in [-0.15, -0.1) is 0 Å². The number of carbonyl (C=O) groups excluding carboxylic acids is 2. The van der Waals surface area contributed by atoms with E-state index in [2.05, 4.69) is 25.7 Å². The van der Waals surface area contributed by atoms with Gasteiger partial charge in [-0.3, -0.25) is 19.6 Å². The smallest absolute Gasteiger partial charge is 0.258 e. The van der Waals surface area contributed by atoms with E-state index < -0.39 is 11.6 Å². The lowest BCUT2D eigenvalue weighted by molar-refractivity contribution is -0.120. The van der Waals surface area contributed by atoms with Crippen molar-refractivity contribution in [3.05, 3.63) is 82.9 Å². The molecule has 10 nitrogen and oxygen atoms in total. The summed E-state index contributed by atoms with van der Waals surface area (Å²) in [5.41, 5.74) is 3.69. The van der Waals surface area contributed by atoms with Crippen LogP contribution in [0.5, 0.6) is 0 Å². The van der Waals surface area contributed by atoms with Gasteiger partial charge < -0.3 is 25.0 Å². The van der Waals surface area contributed by atoms with Crippen LogP contribution in [-0.2, 0) is 20.7 Å². The van der Waals surface area contributed by atoms with Gasteiger partial charge in [0.1, 0.15) is 11.6 Å². The summed E-state index contributed by atoms with van der Waals surface area (Å²) >= 11 is 0. The Hall–Kier alpha value is -4.39. The number of morpholine rings is 1. The summed E-state index contributed by atoms with van der Waals surface area (Å²) in [5, 5.41) is 14.4. The van der Waals surface area contributed by atoms with Crippen LogP contribution >= 0.6 is 0 Å². The first kappa shape index (κ1) is 30.6. The first-order valence-electron chi connectivity index (χ1n) is 15.1. The maximum absolute atomic E-state index is 13.7. The summed E-state index contributed by atoms with van der Waals surface area (Å²) in [7, 11) is 1.74. The van der Waals surface area contributed by atoms with Gasteiger partial charge in [-0.05, 0) is 72.9 Å². The van der Waals surface area contributed by atoms with Crippen molar-refractivity contribution in [1.82, 2.24) is 15.1 Å². The zero-order valence-electron chi connectivity index (χ0n) is 25.1. The van der Waals surface area contributed by atoms with E-state index in [9.17, 15) is 18.4 Å². The number of halogens is 2. The van der Waals surface area contributed by atoms with E-state index >= 15 is 0 Å². The average Bonchev–Trinajstić information content (AvgIpc) is 3.42. The van der Waals surface area contributed by atoms with Gasteiger partial charge in [-0.2, -0.15) is 5.10 Å². The number of ether oxygens (including phenoxy) is 2. The van der Waals surface area contributed by atoms with E-state index in [1.54, 1.807) is 24.1 Å². The number of nitrogens with one attached hydrogen (secondary N) is 3. The number of H-pyrrole nitrogens is 1. The molecule has 6 rings (SSSR count). The predicted octanol–water partition coefficient (Wildman–Crippen LogP) is 4.57. The van der Waals surface area contributed by atoms with Crippen LogP contribution in [0.1, 0.15) is 34.3 Å². The van der Waals surface area contributed by atoms with E-state index in [-0.39, 0.29) is 24.4 Å². The number of aromatic amines is 1. The Morgan fingerprint density at radius 3 is 2.44 bits per heavy atom. The van der Waals surface area contributed by atoms with E-state index in [1.165, 1.54) is 12.1 Å². The molecule has 3 N–H and O–H groups in total. The SMILES string of the molecule is CN(C(=O)CN1CCOCC1)c1ccc(C(=O)Nc2n[nH]c3ccc(Cc4cc(F)cc(F)c4)cc23)c(NC2CCOCC2)c1. The Bertz CT molecular complexity index is 1660. The molecule has 0 radical (unpaired) electrons. The molecule has 0 unspecified atom stereocenters. The van der Waals surface area contributed by atoms with Gasteiger partial charge in [-0.25, -0.2) is 8.78 Å². The van der Waals surface area contributed by atoms with Gasteiger partial charge in [0.15, 0.2) is 5.82 Å². The number of hydrogen-bond acceptors (Lipinski definition) is 7. The second-order valence-corrected chi connectivity index (χ2v) is 11.5. The highest BCUT2D eigenvalue weighted by atomic mass is 19.1. The minimum absolute atomic E-state index is 0.0501. The first-order valence-corrected chi connectivity index (χ1v) is 15.1. The fraction of sp³-hybridized carbons (Fsp3) is 0.364. The second-order valence-electron chi connectivity index (χ2n) is 11.5. The van der Waals surface area contributed by atoms with E-state index in [0.29, 0.717) is 85.2 Å². The van der Waals surface area contributed by atoms with Crippen LogP contribution in [0.15, 0.2) is 54.6 Å². The third kappa shape index (κ3) is 7.47. The van der Waals surface area contributed by atoms with E-state index in [0.717, 1.165) is 24.5 Å². The Morgan fingerprint density at radius 1 is 0.956 bits per heavy atom. The van der Waals surface area contributed by atoms with Crippen molar-refractivity contribution in [2.75, 3.05) is 68.6 Å². The van der Waals surface area contributed by atoms with Crippen molar-refractivity contribution in [1.29, 1.82) is 0 Å². The summed E-state index contributed by atoms with van der Waals surface area (Å²) in [6.45, 7) is 4.18. The van der Waals surface area contributed by atoms with Crippen molar-refractivity contribution in [3.8, 4) is 0 Å². The van der Waals surface area contributed by atoms with Crippen molar-refractivity contribution >= 4 is 39.9 Å². The molecule has 0 atom stereocenters. The van der Waals surface area contributed by atoms with E-state index in [4.69, 9.17) is 9.47 Å². The number of carbonyl (C=O) groups is 2. The number of rotatable bonds is 9. The summed E-state index contributed by atoms with van der Waals surface area (Å²) in [5.74, 6) is -1.35. The molecule has 2 amide bonds. The van der Waals surface area contributed by atoms with Crippen LogP contribution in [0.25, 0.3) is 10.9 Å².